The van der Waals surface area contributed by atoms with Crippen LogP contribution in [0, 0.1) is 4.91 Å². The fourth-order valence-electron chi connectivity index (χ4n) is 5.72. The number of hydrogen-bond donors (Lipinski definition) is 3. The van der Waals surface area contributed by atoms with Gasteiger partial charge in [0.25, 0.3) is 0 Å². The van der Waals surface area contributed by atoms with Crippen LogP contribution in [-0.4, -0.2) is 73.9 Å². The van der Waals surface area contributed by atoms with E-state index >= 15 is 0 Å². The zero-order chi connectivity index (χ0) is 36.2. The molecule has 3 amide bonds. The van der Waals surface area contributed by atoms with Gasteiger partial charge in [0.05, 0.1) is 7.11 Å². The Bertz CT molecular complexity index is 1450. The second-order valence-corrected chi connectivity index (χ2v) is 16.2. The summed E-state index contributed by atoms with van der Waals surface area (Å²) in [5.74, 6) is -3.21. The predicted molar refractivity (Wildman–Crippen MR) is 198 cm³/mol. The SMILES string of the molecule is CCOC(=O)C(CCC(=O)NC(CSN=O)C(=O)NCC(=O)OC)NC(=O)CCCC[PH](c1ccccc1)(c1ccccc1)c1ccccc1. The number of nitroso groups, excluding NO2 is 1. The first-order valence-corrected chi connectivity index (χ1v) is 19.6. The van der Waals surface area contributed by atoms with Crippen molar-refractivity contribution in [2.24, 2.45) is 4.58 Å². The molecule has 0 radical (unpaired) electrons. The first-order valence-electron chi connectivity index (χ1n) is 16.5. The van der Waals surface area contributed by atoms with Gasteiger partial charge < -0.3 is 10.1 Å². The minimum absolute atomic E-state index is 0.0843. The maximum atomic E-state index is 13.1. The summed E-state index contributed by atoms with van der Waals surface area (Å²) in [6, 6.07) is 29.3. The Labute approximate surface area is 297 Å². The zero-order valence-corrected chi connectivity index (χ0v) is 30.1. The van der Waals surface area contributed by atoms with Gasteiger partial charge in [0.15, 0.2) is 0 Å². The van der Waals surface area contributed by atoms with Gasteiger partial charge in [0, 0.05) is 22.3 Å². The Morgan fingerprint density at radius 3 is 1.78 bits per heavy atom. The molecule has 3 aromatic rings. The van der Waals surface area contributed by atoms with Gasteiger partial charge in [-0.25, -0.2) is 0 Å². The van der Waals surface area contributed by atoms with Gasteiger partial charge in [-0.3, -0.25) is 9.59 Å². The van der Waals surface area contributed by atoms with Gasteiger partial charge in [-0.15, -0.1) is 4.91 Å². The quantitative estimate of drug-likeness (QED) is 0.0492. The van der Waals surface area contributed by atoms with Crippen LogP contribution in [0.2, 0.25) is 0 Å². The van der Waals surface area contributed by atoms with Crippen molar-refractivity contribution in [3.05, 3.63) is 95.9 Å². The molecule has 14 heteroatoms. The molecule has 0 bridgehead atoms. The van der Waals surface area contributed by atoms with E-state index < -0.39 is 49.6 Å². The molecule has 0 aliphatic heterocycles. The van der Waals surface area contributed by atoms with Crippen molar-refractivity contribution in [1.82, 2.24) is 16.0 Å². The molecule has 0 fully saturated rings. The standard InChI is InChI=1S/C36H45N4O8PS/c1-3-48-36(45)30(22-23-33(42)39-31(26-50-40-46)35(44)37-25-34(43)47-2)38-32(41)21-13-14-24-49(27-15-7-4-8-16-27,28-17-9-5-10-18-28)29-19-11-6-12-20-29/h4-12,15-20,30-31,49H,3,13-14,21-26H2,1-2H3,(H,37,44)(H,38,41)(H,39,42). The van der Waals surface area contributed by atoms with Crippen molar-refractivity contribution in [3.8, 4) is 0 Å². The van der Waals surface area contributed by atoms with E-state index in [1.165, 1.54) is 15.9 Å². The minimum atomic E-state index is -2.45. The van der Waals surface area contributed by atoms with Crippen LogP contribution in [0.5, 0.6) is 0 Å². The summed E-state index contributed by atoms with van der Waals surface area (Å²) in [6.07, 6.45) is 2.06. The second-order valence-electron chi connectivity index (χ2n) is 11.4. The molecule has 12 nitrogen and oxygen atoms in total. The summed E-state index contributed by atoms with van der Waals surface area (Å²) in [4.78, 5) is 73.2. The number of ether oxygens (including phenoxy) is 2. The van der Waals surface area contributed by atoms with Gasteiger partial charge in [-0.2, -0.15) is 0 Å². The molecule has 268 valence electrons. The number of nitrogens with zero attached hydrogens (tertiary/aromatic N) is 1. The van der Waals surface area contributed by atoms with Crippen LogP contribution >= 0.6 is 19.2 Å². The Kier molecular flexibility index (Phi) is 17.1. The molecule has 0 aliphatic rings. The van der Waals surface area contributed by atoms with Gasteiger partial charge in [-0.05, 0) is 0 Å². The third-order valence-corrected chi connectivity index (χ3v) is 13.8. The van der Waals surface area contributed by atoms with Gasteiger partial charge >= 0.3 is 232 Å². The molecule has 3 N–H and O–H groups in total. The molecule has 0 spiro atoms. The number of amides is 3. The van der Waals surface area contributed by atoms with Gasteiger partial charge in [-0.1, -0.05) is 0 Å². The van der Waals surface area contributed by atoms with E-state index in [4.69, 9.17) is 4.74 Å². The molecule has 2 atom stereocenters. The molecule has 50 heavy (non-hydrogen) atoms. The van der Waals surface area contributed by atoms with Crippen molar-refractivity contribution in [3.63, 3.8) is 0 Å². The topological polar surface area (TPSA) is 169 Å². The summed E-state index contributed by atoms with van der Waals surface area (Å²) >= 11 is 0.527. The van der Waals surface area contributed by atoms with E-state index in [0.29, 0.717) is 18.4 Å². The molecular formula is C36H45N4O8PS. The number of carbonyl (C=O) groups is 5. The summed E-state index contributed by atoms with van der Waals surface area (Å²) in [7, 11) is -1.29. The van der Waals surface area contributed by atoms with E-state index in [1.807, 2.05) is 18.2 Å². The molecule has 0 saturated heterocycles. The first-order chi connectivity index (χ1) is 24.2. The van der Waals surface area contributed by atoms with Crippen LogP contribution < -0.4 is 31.9 Å². The molecule has 0 aliphatic carbocycles. The summed E-state index contributed by atoms with van der Waals surface area (Å²) in [6.45, 7) is 1.30. The van der Waals surface area contributed by atoms with Crippen LogP contribution in [0.15, 0.2) is 95.6 Å². The molecule has 3 aromatic carbocycles. The molecule has 0 heterocycles. The van der Waals surface area contributed by atoms with Crippen LogP contribution in [0.25, 0.3) is 0 Å². The summed E-state index contributed by atoms with van der Waals surface area (Å²) < 4.78 is 12.3. The van der Waals surface area contributed by atoms with Crippen molar-refractivity contribution in [2.45, 2.75) is 51.1 Å². The van der Waals surface area contributed by atoms with Crippen molar-refractivity contribution < 1.29 is 33.4 Å². The number of nitrogens with one attached hydrogen (secondary N) is 3. The third kappa shape index (κ3) is 12.1. The monoisotopic (exact) mass is 724 g/mol. The number of carbonyl (C=O) groups excluding carboxylic acids is 5. The van der Waals surface area contributed by atoms with Crippen molar-refractivity contribution in [1.29, 1.82) is 0 Å². The molecule has 3 rings (SSSR count). The van der Waals surface area contributed by atoms with Gasteiger partial charge in [0.1, 0.15) is 6.54 Å². The number of methoxy groups -OCH3 is 1. The number of hydrogen-bond acceptors (Lipinski definition) is 10. The molecule has 2 unspecified atom stereocenters. The van der Waals surface area contributed by atoms with E-state index in [-0.39, 0.29) is 37.5 Å². The third-order valence-electron chi connectivity index (χ3n) is 8.15. The first kappa shape index (κ1) is 39.8. The molecular weight excluding hydrogens is 679 g/mol. The van der Waals surface area contributed by atoms with Crippen molar-refractivity contribution >= 4 is 64.8 Å². The van der Waals surface area contributed by atoms with E-state index in [1.54, 1.807) is 6.92 Å². The fraction of sp³-hybridized carbons (Fsp3) is 0.361. The number of rotatable bonds is 21. The van der Waals surface area contributed by atoms with Crippen LogP contribution in [0.3, 0.4) is 0 Å². The number of unbranched alkanes of at least 4 members (excludes halogenated alkanes) is 1. The fourth-order valence-corrected chi connectivity index (χ4v) is 11.1. The Hall–Kier alpha value is -4.61. The number of esters is 2. The van der Waals surface area contributed by atoms with Crippen LogP contribution in [-0.2, 0) is 33.4 Å². The average Bonchev–Trinajstić information content (AvgIpc) is 3.15. The maximum absolute atomic E-state index is 13.1. The normalized spacial score (nSPS) is 12.4. The van der Waals surface area contributed by atoms with Crippen LogP contribution in [0.4, 0.5) is 0 Å². The van der Waals surface area contributed by atoms with Gasteiger partial charge in [0.2, 0.25) is 5.91 Å². The van der Waals surface area contributed by atoms with E-state index in [9.17, 15) is 28.9 Å². The summed E-state index contributed by atoms with van der Waals surface area (Å²) in [5.41, 5.74) is 0. The van der Waals surface area contributed by atoms with E-state index in [2.05, 4.69) is 98.1 Å². The number of benzene rings is 3. The van der Waals surface area contributed by atoms with Crippen LogP contribution in [0.1, 0.15) is 39.0 Å². The second kappa shape index (κ2) is 21.5. The Balaban J connectivity index is 1.64. The Morgan fingerprint density at radius 1 is 0.760 bits per heavy atom. The average molecular weight is 725 g/mol. The van der Waals surface area contributed by atoms with E-state index in [0.717, 1.165) is 19.7 Å². The van der Waals surface area contributed by atoms with Crippen molar-refractivity contribution in [2.75, 3.05) is 32.2 Å². The Morgan fingerprint density at radius 2 is 1.28 bits per heavy atom. The molecule has 0 saturated carbocycles. The zero-order valence-electron chi connectivity index (χ0n) is 28.3. The predicted octanol–water partition coefficient (Wildman–Crippen LogP) is 2.90. The summed E-state index contributed by atoms with van der Waals surface area (Å²) in [5, 5.41) is 11.4. The molecule has 0 aromatic heterocycles.